The monoisotopic (exact) mass is 352 g/mol. The summed E-state index contributed by atoms with van der Waals surface area (Å²) < 4.78 is 21.9. The van der Waals surface area contributed by atoms with E-state index in [-0.39, 0.29) is 0 Å². The summed E-state index contributed by atoms with van der Waals surface area (Å²) in [5.74, 6) is 0.543. The van der Waals surface area contributed by atoms with Gasteiger partial charge in [-0.05, 0) is 45.0 Å². The first-order chi connectivity index (χ1) is 11.8. The van der Waals surface area contributed by atoms with E-state index in [9.17, 15) is 9.90 Å². The van der Waals surface area contributed by atoms with Crippen molar-refractivity contribution in [2.45, 2.75) is 44.9 Å². The average Bonchev–Trinajstić information content (AvgIpc) is 2.54. The molecule has 7 nitrogen and oxygen atoms in total. The van der Waals surface area contributed by atoms with E-state index < -0.39 is 36.3 Å². The van der Waals surface area contributed by atoms with Gasteiger partial charge in [-0.1, -0.05) is 0 Å². The minimum Gasteiger partial charge on any atom is -0.465 e. The highest BCUT2D eigenvalue weighted by Crippen LogP contribution is 2.25. The van der Waals surface area contributed by atoms with Crippen LogP contribution in [0.4, 0.5) is 0 Å². The topological polar surface area (TPSA) is 98.4 Å². The van der Waals surface area contributed by atoms with Gasteiger partial charge in [-0.2, -0.15) is 0 Å². The molecular formula is C18H24O7. The number of methoxy groups -OCH3 is 1. The number of rotatable bonds is 8. The maximum absolute atomic E-state index is 11.2. The number of ether oxygens (including phenoxy) is 3. The third-order valence-corrected chi connectivity index (χ3v) is 3.84. The van der Waals surface area contributed by atoms with E-state index in [0.29, 0.717) is 11.3 Å². The number of aliphatic hydroxyl groups is 2. The van der Waals surface area contributed by atoms with Crippen molar-refractivity contribution in [2.75, 3.05) is 13.7 Å². The Balaban J connectivity index is 2.09. The normalized spacial score (nSPS) is 15.8. The SMILES string of the molecule is COC(C(O)CO)C(C)(C)O[C@H](C)Oc1ccc2oc(=O)ccc2c1. The van der Waals surface area contributed by atoms with Gasteiger partial charge in [0.1, 0.15) is 23.5 Å². The maximum atomic E-state index is 11.2. The zero-order valence-electron chi connectivity index (χ0n) is 14.8. The first-order valence-electron chi connectivity index (χ1n) is 7.97. The number of fused-ring (bicyclic) bond motifs is 1. The van der Waals surface area contributed by atoms with Crippen LogP contribution in [0.25, 0.3) is 11.0 Å². The third kappa shape index (κ3) is 4.79. The van der Waals surface area contributed by atoms with Crippen LogP contribution < -0.4 is 10.4 Å². The van der Waals surface area contributed by atoms with E-state index in [0.717, 1.165) is 5.39 Å². The van der Waals surface area contributed by atoms with Crippen LogP contribution in [0.1, 0.15) is 20.8 Å². The van der Waals surface area contributed by atoms with Crippen molar-refractivity contribution in [3.05, 3.63) is 40.8 Å². The zero-order chi connectivity index (χ0) is 18.6. The molecule has 2 rings (SSSR count). The van der Waals surface area contributed by atoms with Crippen molar-refractivity contribution < 1.29 is 28.8 Å². The summed E-state index contributed by atoms with van der Waals surface area (Å²) in [4.78, 5) is 11.2. The van der Waals surface area contributed by atoms with E-state index >= 15 is 0 Å². The molecule has 7 heteroatoms. The zero-order valence-corrected chi connectivity index (χ0v) is 14.8. The van der Waals surface area contributed by atoms with Crippen molar-refractivity contribution >= 4 is 11.0 Å². The van der Waals surface area contributed by atoms with Gasteiger partial charge in [0.05, 0.1) is 12.2 Å². The smallest absolute Gasteiger partial charge is 0.336 e. The van der Waals surface area contributed by atoms with E-state index in [1.54, 1.807) is 45.0 Å². The minimum atomic E-state index is -1.07. The van der Waals surface area contributed by atoms with Crippen molar-refractivity contribution in [3.63, 3.8) is 0 Å². The van der Waals surface area contributed by atoms with Gasteiger partial charge in [0.25, 0.3) is 0 Å². The molecule has 0 saturated heterocycles. The first-order valence-corrected chi connectivity index (χ1v) is 7.97. The summed E-state index contributed by atoms with van der Waals surface area (Å²) >= 11 is 0. The Morgan fingerprint density at radius 3 is 2.60 bits per heavy atom. The van der Waals surface area contributed by atoms with Crippen molar-refractivity contribution in [2.24, 2.45) is 0 Å². The van der Waals surface area contributed by atoms with Gasteiger partial charge in [0.2, 0.25) is 0 Å². The summed E-state index contributed by atoms with van der Waals surface area (Å²) in [7, 11) is 1.44. The molecule has 0 fully saturated rings. The molecule has 0 saturated carbocycles. The second kappa shape index (κ2) is 7.97. The van der Waals surface area contributed by atoms with E-state index in [1.165, 1.54) is 13.2 Å². The lowest BCUT2D eigenvalue weighted by Crippen LogP contribution is -2.51. The van der Waals surface area contributed by atoms with Crippen molar-refractivity contribution in [1.29, 1.82) is 0 Å². The average molecular weight is 352 g/mol. The molecule has 0 aliphatic rings. The predicted molar refractivity (Wildman–Crippen MR) is 91.6 cm³/mol. The quantitative estimate of drug-likeness (QED) is 0.551. The molecule has 25 heavy (non-hydrogen) atoms. The minimum absolute atomic E-state index is 0.410. The Kier molecular flexibility index (Phi) is 6.18. The first kappa shape index (κ1) is 19.4. The van der Waals surface area contributed by atoms with Crippen LogP contribution in [0, 0.1) is 0 Å². The molecule has 2 N–H and O–H groups in total. The highest BCUT2D eigenvalue weighted by molar-refractivity contribution is 5.77. The highest BCUT2D eigenvalue weighted by Gasteiger charge is 2.37. The van der Waals surface area contributed by atoms with Crippen LogP contribution in [0.2, 0.25) is 0 Å². The molecule has 0 spiro atoms. The fourth-order valence-corrected chi connectivity index (χ4v) is 2.83. The van der Waals surface area contributed by atoms with Gasteiger partial charge >= 0.3 is 5.63 Å². The van der Waals surface area contributed by atoms with Crippen LogP contribution in [0.5, 0.6) is 5.75 Å². The van der Waals surface area contributed by atoms with Gasteiger partial charge in [0, 0.05) is 18.6 Å². The number of hydrogen-bond donors (Lipinski definition) is 2. The van der Waals surface area contributed by atoms with Crippen LogP contribution in [0.15, 0.2) is 39.5 Å². The van der Waals surface area contributed by atoms with Gasteiger partial charge in [-0.15, -0.1) is 0 Å². The van der Waals surface area contributed by atoms with Crippen LogP contribution in [-0.2, 0) is 9.47 Å². The molecule has 0 bridgehead atoms. The Morgan fingerprint density at radius 2 is 1.96 bits per heavy atom. The Morgan fingerprint density at radius 1 is 1.24 bits per heavy atom. The van der Waals surface area contributed by atoms with Gasteiger partial charge in [-0.3, -0.25) is 0 Å². The lowest BCUT2D eigenvalue weighted by Gasteiger charge is -2.37. The Hall–Kier alpha value is -1.93. The van der Waals surface area contributed by atoms with Gasteiger partial charge < -0.3 is 28.8 Å². The summed E-state index contributed by atoms with van der Waals surface area (Å²) in [5, 5.41) is 19.7. The molecule has 3 atom stereocenters. The van der Waals surface area contributed by atoms with Crippen LogP contribution in [0.3, 0.4) is 0 Å². The maximum Gasteiger partial charge on any atom is 0.336 e. The van der Waals surface area contributed by atoms with E-state index in [4.69, 9.17) is 23.7 Å². The lowest BCUT2D eigenvalue weighted by molar-refractivity contribution is -0.215. The molecule has 2 aromatic rings. The fourth-order valence-electron chi connectivity index (χ4n) is 2.83. The number of benzene rings is 1. The summed E-state index contributed by atoms with van der Waals surface area (Å²) in [6.07, 6.45) is -2.45. The number of hydrogen-bond acceptors (Lipinski definition) is 7. The molecule has 0 radical (unpaired) electrons. The molecule has 1 aromatic heterocycles. The Bertz CT molecular complexity index is 752. The molecule has 1 aromatic carbocycles. The summed E-state index contributed by atoms with van der Waals surface area (Å²) in [5.41, 5.74) is -0.841. The van der Waals surface area contributed by atoms with Gasteiger partial charge in [-0.25, -0.2) is 4.79 Å². The third-order valence-electron chi connectivity index (χ3n) is 3.84. The molecule has 2 unspecified atom stereocenters. The predicted octanol–water partition coefficient (Wildman–Crippen LogP) is 1.68. The molecule has 0 aliphatic heterocycles. The second-order valence-electron chi connectivity index (χ2n) is 6.27. The largest absolute Gasteiger partial charge is 0.465 e. The summed E-state index contributed by atoms with van der Waals surface area (Å²) in [6.45, 7) is 4.77. The summed E-state index contributed by atoms with van der Waals surface area (Å²) in [6, 6.07) is 8.06. The van der Waals surface area contributed by atoms with Crippen molar-refractivity contribution in [3.8, 4) is 5.75 Å². The second-order valence-corrected chi connectivity index (χ2v) is 6.27. The molecule has 0 amide bonds. The van der Waals surface area contributed by atoms with E-state index in [1.807, 2.05) is 0 Å². The highest BCUT2D eigenvalue weighted by atomic mass is 16.7. The fraction of sp³-hybridized carbons (Fsp3) is 0.500. The van der Waals surface area contributed by atoms with Crippen molar-refractivity contribution in [1.82, 2.24) is 0 Å². The number of aliphatic hydroxyl groups excluding tert-OH is 2. The van der Waals surface area contributed by atoms with Crippen LogP contribution in [-0.4, -0.2) is 48.0 Å². The molecule has 0 aliphatic carbocycles. The molecular weight excluding hydrogens is 328 g/mol. The van der Waals surface area contributed by atoms with Crippen LogP contribution >= 0.6 is 0 Å². The molecule has 1 heterocycles. The van der Waals surface area contributed by atoms with Gasteiger partial charge in [0.15, 0.2) is 6.29 Å². The van der Waals surface area contributed by atoms with E-state index in [2.05, 4.69) is 0 Å². The lowest BCUT2D eigenvalue weighted by atomic mass is 9.96. The Labute approximate surface area is 145 Å². The standard InChI is InChI=1S/C18H24O7/c1-11(25-18(2,3)17(22-4)14(20)10-19)23-13-6-7-15-12(9-13)5-8-16(21)24-15/h5-9,11,14,17,19-20H,10H2,1-4H3/t11-,14?,17?/m1/s1. The molecule has 138 valence electrons.